The zero-order valence-corrected chi connectivity index (χ0v) is 18.0. The molecule has 0 radical (unpaired) electrons. The maximum atomic E-state index is 14.5. The number of anilines is 3. The van der Waals surface area contributed by atoms with Crippen LogP contribution in [-0.2, 0) is 11.2 Å². The first-order valence-electron chi connectivity index (χ1n) is 10.7. The zero-order valence-electron chi connectivity index (χ0n) is 18.0. The Kier molecular flexibility index (Phi) is 6.72. The predicted octanol–water partition coefficient (Wildman–Crippen LogP) is 5.59. The molecular weight excluding hydrogens is 429 g/mol. The molecule has 170 valence electrons. The monoisotopic (exact) mass is 452 g/mol. The van der Waals surface area contributed by atoms with Crippen LogP contribution in [0.5, 0.6) is 0 Å². The number of hydrogen-bond acceptors (Lipinski definition) is 5. The van der Waals surface area contributed by atoms with Crippen molar-refractivity contribution >= 4 is 23.1 Å². The molecular formula is C25H23F3N4O. The summed E-state index contributed by atoms with van der Waals surface area (Å²) >= 11 is 0. The number of allylic oxidation sites excluding steroid dienone is 1. The van der Waals surface area contributed by atoms with E-state index in [0.29, 0.717) is 16.9 Å². The highest BCUT2D eigenvalue weighted by molar-refractivity contribution is 5.91. The van der Waals surface area contributed by atoms with E-state index in [1.54, 1.807) is 12.1 Å². The van der Waals surface area contributed by atoms with Crippen molar-refractivity contribution in [3.63, 3.8) is 0 Å². The van der Waals surface area contributed by atoms with Crippen molar-refractivity contribution in [2.75, 3.05) is 23.3 Å². The Morgan fingerprint density at radius 2 is 1.79 bits per heavy atom. The lowest BCUT2D eigenvalue weighted by Gasteiger charge is -2.29. The molecule has 1 saturated heterocycles. The van der Waals surface area contributed by atoms with E-state index in [4.69, 9.17) is 0 Å². The molecule has 0 bridgehead atoms. The summed E-state index contributed by atoms with van der Waals surface area (Å²) in [5, 5.41) is 2.99. The molecule has 0 amide bonds. The van der Waals surface area contributed by atoms with E-state index >= 15 is 0 Å². The van der Waals surface area contributed by atoms with Gasteiger partial charge in [0.1, 0.15) is 17.3 Å². The number of ketones is 1. The normalized spacial score (nSPS) is 13.6. The lowest BCUT2D eigenvalue weighted by Crippen LogP contribution is -2.30. The van der Waals surface area contributed by atoms with E-state index in [0.717, 1.165) is 44.6 Å². The van der Waals surface area contributed by atoms with E-state index in [2.05, 4.69) is 21.9 Å². The van der Waals surface area contributed by atoms with Crippen molar-refractivity contribution in [3.05, 3.63) is 78.3 Å². The van der Waals surface area contributed by atoms with Gasteiger partial charge in [-0.1, -0.05) is 6.58 Å². The van der Waals surface area contributed by atoms with Crippen molar-refractivity contribution in [3.8, 4) is 11.3 Å². The van der Waals surface area contributed by atoms with Crippen LogP contribution in [0.4, 0.5) is 30.5 Å². The van der Waals surface area contributed by atoms with E-state index in [1.165, 1.54) is 24.3 Å². The number of hydrogen-bond donors (Lipinski definition) is 1. The largest absolute Gasteiger partial charge is 0.369 e. The number of carbonyl (C=O) groups excluding carboxylic acids is 1. The van der Waals surface area contributed by atoms with Crippen molar-refractivity contribution in [2.45, 2.75) is 25.7 Å². The highest BCUT2D eigenvalue weighted by Gasteiger charge is 2.17. The quantitative estimate of drug-likeness (QED) is 0.474. The summed E-state index contributed by atoms with van der Waals surface area (Å²) in [4.78, 5) is 21.9. The Labute approximate surface area is 190 Å². The third-order valence-electron chi connectivity index (χ3n) is 5.55. The highest BCUT2D eigenvalue weighted by atomic mass is 19.1. The number of aromatic nitrogens is 2. The number of nitrogens with zero attached hydrogens (tertiary/aromatic N) is 3. The second-order valence-corrected chi connectivity index (χ2v) is 7.88. The van der Waals surface area contributed by atoms with E-state index < -0.39 is 11.6 Å². The third kappa shape index (κ3) is 5.22. The zero-order chi connectivity index (χ0) is 23.4. The van der Waals surface area contributed by atoms with Gasteiger partial charge in [-0.3, -0.25) is 4.79 Å². The van der Waals surface area contributed by atoms with Crippen LogP contribution in [-0.4, -0.2) is 28.8 Å². The lowest BCUT2D eigenvalue weighted by atomic mass is 10.0. The molecule has 3 aromatic rings. The van der Waals surface area contributed by atoms with E-state index in [1.807, 2.05) is 4.90 Å². The Hall–Kier alpha value is -3.68. The molecule has 8 heteroatoms. The summed E-state index contributed by atoms with van der Waals surface area (Å²) in [6.07, 6.45) is 5.10. The molecule has 1 aromatic heterocycles. The topological polar surface area (TPSA) is 58.1 Å². The standard InChI is InChI=1S/C25H23F3N4O/c1-2-19(33)13-17-12-16(6-8-20(17)26)24-22(28)15-29-25(31-24)30-18-7-9-21(27)23(14-18)32-10-4-3-5-11-32/h2,6-9,12,14-15H,1,3-5,10-11,13H2,(H,29,30,31). The van der Waals surface area contributed by atoms with Gasteiger partial charge in [0, 0.05) is 30.8 Å². The van der Waals surface area contributed by atoms with Gasteiger partial charge in [0.05, 0.1) is 11.9 Å². The van der Waals surface area contributed by atoms with Crippen LogP contribution in [0.2, 0.25) is 0 Å². The SMILES string of the molecule is C=CC(=O)Cc1cc(-c2nc(Nc3ccc(F)c(N4CCCCC4)c3)ncc2F)ccc1F. The van der Waals surface area contributed by atoms with Crippen molar-refractivity contribution in [2.24, 2.45) is 0 Å². The number of nitrogens with one attached hydrogen (secondary N) is 1. The smallest absolute Gasteiger partial charge is 0.227 e. The maximum absolute atomic E-state index is 14.5. The average molecular weight is 452 g/mol. The molecule has 4 rings (SSSR count). The second kappa shape index (κ2) is 9.85. The van der Waals surface area contributed by atoms with Crippen LogP contribution in [0, 0.1) is 17.5 Å². The average Bonchev–Trinajstić information content (AvgIpc) is 2.83. The Morgan fingerprint density at radius 1 is 1.03 bits per heavy atom. The molecule has 1 aliphatic rings. The molecule has 0 spiro atoms. The minimum Gasteiger partial charge on any atom is -0.369 e. The highest BCUT2D eigenvalue weighted by Crippen LogP contribution is 2.29. The minimum absolute atomic E-state index is 0.0434. The predicted molar refractivity (Wildman–Crippen MR) is 122 cm³/mol. The van der Waals surface area contributed by atoms with Gasteiger partial charge in [0.15, 0.2) is 11.6 Å². The van der Waals surface area contributed by atoms with Crippen molar-refractivity contribution < 1.29 is 18.0 Å². The van der Waals surface area contributed by atoms with Gasteiger partial charge in [-0.2, -0.15) is 0 Å². The van der Waals surface area contributed by atoms with E-state index in [-0.39, 0.29) is 35.2 Å². The Balaban J connectivity index is 1.61. The van der Waals surface area contributed by atoms with Gasteiger partial charge in [-0.05, 0) is 67.3 Å². The molecule has 5 nitrogen and oxygen atoms in total. The first-order chi connectivity index (χ1) is 15.9. The van der Waals surface area contributed by atoms with Gasteiger partial charge in [0.2, 0.25) is 5.95 Å². The van der Waals surface area contributed by atoms with Crippen LogP contribution in [0.15, 0.2) is 55.3 Å². The molecule has 1 N–H and O–H groups in total. The fourth-order valence-corrected chi connectivity index (χ4v) is 3.84. The summed E-state index contributed by atoms with van der Waals surface area (Å²) in [5.41, 5.74) is 1.44. The van der Waals surface area contributed by atoms with Crippen LogP contribution < -0.4 is 10.2 Å². The first-order valence-corrected chi connectivity index (χ1v) is 10.7. The number of piperidine rings is 1. The minimum atomic E-state index is -0.693. The number of carbonyl (C=O) groups is 1. The molecule has 2 heterocycles. The molecule has 1 fully saturated rings. The van der Waals surface area contributed by atoms with Gasteiger partial charge in [0.25, 0.3) is 0 Å². The fraction of sp³-hybridized carbons (Fsp3) is 0.240. The summed E-state index contributed by atoms with van der Waals surface area (Å²) < 4.78 is 43.0. The molecule has 1 aliphatic heterocycles. The van der Waals surface area contributed by atoms with Crippen molar-refractivity contribution in [1.82, 2.24) is 9.97 Å². The van der Waals surface area contributed by atoms with Gasteiger partial charge < -0.3 is 10.2 Å². The molecule has 0 unspecified atom stereocenters. The van der Waals surface area contributed by atoms with Crippen LogP contribution in [0.1, 0.15) is 24.8 Å². The summed E-state index contributed by atoms with van der Waals surface area (Å²) in [6, 6.07) is 8.56. The first kappa shape index (κ1) is 22.5. The summed E-state index contributed by atoms with van der Waals surface area (Å²) in [5.74, 6) is -1.82. The number of benzene rings is 2. The molecule has 0 atom stereocenters. The second-order valence-electron chi connectivity index (χ2n) is 7.88. The Morgan fingerprint density at radius 3 is 2.55 bits per heavy atom. The number of rotatable bonds is 7. The lowest BCUT2D eigenvalue weighted by molar-refractivity contribution is -0.114. The van der Waals surface area contributed by atoms with Crippen LogP contribution >= 0.6 is 0 Å². The van der Waals surface area contributed by atoms with Crippen molar-refractivity contribution in [1.29, 1.82) is 0 Å². The van der Waals surface area contributed by atoms with Gasteiger partial charge in [-0.25, -0.2) is 23.1 Å². The molecule has 33 heavy (non-hydrogen) atoms. The summed E-state index contributed by atoms with van der Waals surface area (Å²) in [6.45, 7) is 4.97. The number of halogens is 3. The third-order valence-corrected chi connectivity index (χ3v) is 5.55. The van der Waals surface area contributed by atoms with Crippen LogP contribution in [0.25, 0.3) is 11.3 Å². The van der Waals surface area contributed by atoms with Crippen LogP contribution in [0.3, 0.4) is 0 Å². The maximum Gasteiger partial charge on any atom is 0.227 e. The van der Waals surface area contributed by atoms with Gasteiger partial charge >= 0.3 is 0 Å². The Bertz CT molecular complexity index is 1190. The summed E-state index contributed by atoms with van der Waals surface area (Å²) in [7, 11) is 0. The fourth-order valence-electron chi connectivity index (χ4n) is 3.84. The molecule has 2 aromatic carbocycles. The molecule has 0 aliphatic carbocycles. The molecule has 0 saturated carbocycles. The van der Waals surface area contributed by atoms with E-state index in [9.17, 15) is 18.0 Å². The van der Waals surface area contributed by atoms with Gasteiger partial charge in [-0.15, -0.1) is 0 Å².